The maximum atomic E-state index is 12.8. The number of rotatable bonds is 2. The van der Waals surface area contributed by atoms with Gasteiger partial charge in [0, 0.05) is 18.7 Å². The highest BCUT2D eigenvalue weighted by molar-refractivity contribution is 5.82. The zero-order chi connectivity index (χ0) is 18.1. The number of carbonyl (C=O) groups is 1. The van der Waals surface area contributed by atoms with E-state index in [1.165, 1.54) is 0 Å². The highest BCUT2D eigenvalue weighted by Crippen LogP contribution is 2.14. The van der Waals surface area contributed by atoms with E-state index in [-0.39, 0.29) is 6.04 Å². The second kappa shape index (κ2) is 6.71. The van der Waals surface area contributed by atoms with Gasteiger partial charge < -0.3 is 9.84 Å². The number of pyridine rings is 1. The summed E-state index contributed by atoms with van der Waals surface area (Å²) in [5.41, 5.74) is 0.0491. The standard InChI is InChI=1S/C18H27N3O3/c1-7-12-11-14-13(15(22)8-2)9-10-16(19-6)21(14)20(12)17(23)24-18(3,4)5/h9-12,22H,7-8H2,1-6H3. The molecule has 1 N–H and O–H groups in total. The van der Waals surface area contributed by atoms with Crippen molar-refractivity contribution in [3.05, 3.63) is 28.2 Å². The van der Waals surface area contributed by atoms with E-state index in [0.29, 0.717) is 17.7 Å². The van der Waals surface area contributed by atoms with Crippen LogP contribution in [0.5, 0.6) is 0 Å². The molecule has 6 heteroatoms. The van der Waals surface area contributed by atoms with Crippen LogP contribution in [0, 0.1) is 0 Å². The topological polar surface area (TPSA) is 67.1 Å². The summed E-state index contributed by atoms with van der Waals surface area (Å²) in [5.74, 6) is 0.290. The second-order valence-corrected chi connectivity index (χ2v) is 6.79. The average Bonchev–Trinajstić information content (AvgIpc) is 2.91. The molecule has 24 heavy (non-hydrogen) atoms. The minimum absolute atomic E-state index is 0.147. The lowest BCUT2D eigenvalue weighted by Gasteiger charge is -2.29. The maximum Gasteiger partial charge on any atom is 0.430 e. The molecule has 1 aliphatic rings. The minimum atomic E-state index is -0.586. The zero-order valence-corrected chi connectivity index (χ0v) is 15.3. The van der Waals surface area contributed by atoms with Crippen LogP contribution in [-0.2, 0) is 4.74 Å². The average molecular weight is 333 g/mol. The molecule has 0 bridgehead atoms. The first-order valence-electron chi connectivity index (χ1n) is 8.34. The van der Waals surface area contributed by atoms with E-state index in [1.54, 1.807) is 22.8 Å². The monoisotopic (exact) mass is 333 g/mol. The molecule has 132 valence electrons. The normalized spacial score (nSPS) is 19.0. The van der Waals surface area contributed by atoms with Gasteiger partial charge in [-0.15, -0.1) is 0 Å². The molecular weight excluding hydrogens is 306 g/mol. The van der Waals surface area contributed by atoms with Crippen molar-refractivity contribution in [3.63, 3.8) is 0 Å². The van der Waals surface area contributed by atoms with E-state index in [2.05, 4.69) is 4.99 Å². The first-order valence-corrected chi connectivity index (χ1v) is 8.34. The molecule has 0 saturated heterocycles. The Hall–Kier alpha value is -2.24. The van der Waals surface area contributed by atoms with Gasteiger partial charge in [-0.05, 0) is 45.4 Å². The van der Waals surface area contributed by atoms with Gasteiger partial charge in [0.2, 0.25) is 0 Å². The van der Waals surface area contributed by atoms with Crippen molar-refractivity contribution in [3.8, 4) is 0 Å². The van der Waals surface area contributed by atoms with Gasteiger partial charge in [-0.25, -0.2) is 14.5 Å². The van der Waals surface area contributed by atoms with E-state index < -0.39 is 11.7 Å². The van der Waals surface area contributed by atoms with Gasteiger partial charge in [-0.1, -0.05) is 13.8 Å². The molecule has 0 aromatic carbocycles. The van der Waals surface area contributed by atoms with Crippen LogP contribution < -0.4 is 21.1 Å². The summed E-state index contributed by atoms with van der Waals surface area (Å²) < 4.78 is 7.31. The van der Waals surface area contributed by atoms with Crippen molar-refractivity contribution < 1.29 is 14.6 Å². The van der Waals surface area contributed by atoms with Crippen molar-refractivity contribution in [2.75, 3.05) is 12.1 Å². The lowest BCUT2D eigenvalue weighted by atomic mass is 10.2. The fourth-order valence-electron chi connectivity index (χ4n) is 2.76. The third kappa shape index (κ3) is 3.32. The van der Waals surface area contributed by atoms with Gasteiger partial charge in [0.1, 0.15) is 16.8 Å². The molecule has 0 spiro atoms. The number of fused-ring (bicyclic) bond motifs is 1. The van der Waals surface area contributed by atoms with Gasteiger partial charge in [-0.3, -0.25) is 4.99 Å². The van der Waals surface area contributed by atoms with Crippen LogP contribution >= 0.6 is 0 Å². The number of aliphatic hydroxyl groups excluding tert-OH is 1. The van der Waals surface area contributed by atoms with Crippen molar-refractivity contribution >= 4 is 17.9 Å². The molecule has 0 radical (unpaired) electrons. The van der Waals surface area contributed by atoms with E-state index in [1.807, 2.05) is 46.8 Å². The summed E-state index contributed by atoms with van der Waals surface area (Å²) in [5, 5.41) is 13.3. The predicted octanol–water partition coefficient (Wildman–Crippen LogP) is 1.54. The maximum absolute atomic E-state index is 12.8. The quantitative estimate of drug-likeness (QED) is 0.893. The Morgan fingerprint density at radius 1 is 1.33 bits per heavy atom. The number of carbonyl (C=O) groups excluding carboxylic acids is 1. The van der Waals surface area contributed by atoms with E-state index in [9.17, 15) is 9.90 Å². The summed E-state index contributed by atoms with van der Waals surface area (Å²) in [7, 11) is 1.68. The number of hydrogen-bond donors (Lipinski definition) is 1. The second-order valence-electron chi connectivity index (χ2n) is 6.79. The first-order chi connectivity index (χ1) is 11.2. The Morgan fingerprint density at radius 3 is 2.50 bits per heavy atom. The third-order valence-corrected chi connectivity index (χ3v) is 3.87. The fourth-order valence-corrected chi connectivity index (χ4v) is 2.76. The molecule has 1 aliphatic heterocycles. The zero-order valence-electron chi connectivity index (χ0n) is 15.3. The third-order valence-electron chi connectivity index (χ3n) is 3.87. The predicted molar refractivity (Wildman–Crippen MR) is 94.5 cm³/mol. The highest BCUT2D eigenvalue weighted by atomic mass is 16.6. The summed E-state index contributed by atoms with van der Waals surface area (Å²) in [4.78, 5) is 17.0. The Morgan fingerprint density at radius 2 is 2.00 bits per heavy atom. The lowest BCUT2D eigenvalue weighted by molar-refractivity contribution is 0.0528. The molecule has 1 aromatic heterocycles. The fraction of sp³-hybridized carbons (Fsp3) is 0.556. The van der Waals surface area contributed by atoms with Crippen molar-refractivity contribution in [1.29, 1.82) is 0 Å². The van der Waals surface area contributed by atoms with Crippen LogP contribution in [0.15, 0.2) is 17.1 Å². The molecule has 1 aromatic rings. The number of aliphatic hydroxyl groups is 1. The van der Waals surface area contributed by atoms with Crippen molar-refractivity contribution in [2.45, 2.75) is 59.1 Å². The number of amides is 1. The summed E-state index contributed by atoms with van der Waals surface area (Å²) in [6, 6.07) is 3.49. The van der Waals surface area contributed by atoms with Gasteiger partial charge in [0.15, 0.2) is 0 Å². The van der Waals surface area contributed by atoms with Crippen LogP contribution in [0.4, 0.5) is 4.79 Å². The van der Waals surface area contributed by atoms with E-state index >= 15 is 0 Å². The van der Waals surface area contributed by atoms with E-state index in [4.69, 9.17) is 4.74 Å². The molecule has 0 aliphatic carbocycles. The SMILES string of the molecule is CCC(O)=c1ccc(=NC)n2c1=CC(CC)N2C(=O)OC(C)(C)C. The van der Waals surface area contributed by atoms with Gasteiger partial charge in [0.25, 0.3) is 0 Å². The molecule has 0 saturated carbocycles. The van der Waals surface area contributed by atoms with Crippen molar-refractivity contribution in [1.82, 2.24) is 4.68 Å². The molecule has 1 atom stereocenters. The van der Waals surface area contributed by atoms with Gasteiger partial charge in [-0.2, -0.15) is 0 Å². The molecule has 6 nitrogen and oxygen atoms in total. The number of ether oxygens (including phenoxy) is 1. The van der Waals surface area contributed by atoms with Crippen LogP contribution in [-0.4, -0.2) is 34.6 Å². The Labute approximate surface area is 142 Å². The van der Waals surface area contributed by atoms with Crippen LogP contribution in [0.1, 0.15) is 47.5 Å². The largest absolute Gasteiger partial charge is 0.512 e. The smallest absolute Gasteiger partial charge is 0.430 e. The van der Waals surface area contributed by atoms with Crippen LogP contribution in [0.3, 0.4) is 0 Å². The van der Waals surface area contributed by atoms with Crippen LogP contribution in [0.25, 0.3) is 11.8 Å². The Bertz CT molecular complexity index is 815. The highest BCUT2D eigenvalue weighted by Gasteiger charge is 2.32. The molecule has 2 rings (SSSR count). The molecule has 1 amide bonds. The molecule has 2 heterocycles. The Balaban J connectivity index is 2.74. The minimum Gasteiger partial charge on any atom is -0.512 e. The summed E-state index contributed by atoms with van der Waals surface area (Å²) in [6.45, 7) is 9.43. The summed E-state index contributed by atoms with van der Waals surface area (Å²) in [6.07, 6.45) is 2.82. The van der Waals surface area contributed by atoms with Crippen LogP contribution in [0.2, 0.25) is 0 Å². The molecular formula is C18H27N3O3. The van der Waals surface area contributed by atoms with Gasteiger partial charge >= 0.3 is 6.09 Å². The van der Waals surface area contributed by atoms with Gasteiger partial charge in [0.05, 0.1) is 11.4 Å². The summed E-state index contributed by atoms with van der Waals surface area (Å²) >= 11 is 0. The molecule has 0 fully saturated rings. The van der Waals surface area contributed by atoms with Crippen molar-refractivity contribution in [2.24, 2.45) is 4.99 Å². The Kier molecular flexibility index (Phi) is 5.06. The number of aromatic nitrogens is 1. The van der Waals surface area contributed by atoms with E-state index in [0.717, 1.165) is 17.0 Å². The number of nitrogens with zero attached hydrogens (tertiary/aromatic N) is 3. The number of hydrogen-bond acceptors (Lipinski definition) is 4. The lowest BCUT2D eigenvalue weighted by Crippen LogP contribution is -2.55. The molecule has 1 unspecified atom stereocenters. The first kappa shape index (κ1) is 18.1.